The molecule has 0 saturated heterocycles. The Kier molecular flexibility index (Phi) is 6.44. The first kappa shape index (κ1) is 20.3. The van der Waals surface area contributed by atoms with Crippen molar-refractivity contribution < 1.29 is 24.7 Å². The van der Waals surface area contributed by atoms with Crippen LogP contribution in [0.25, 0.3) is 0 Å². The van der Waals surface area contributed by atoms with Gasteiger partial charge in [-0.1, -0.05) is 48.5 Å². The highest BCUT2D eigenvalue weighted by molar-refractivity contribution is 6.13. The number of aliphatic carboxylic acids is 1. The van der Waals surface area contributed by atoms with E-state index in [1.54, 1.807) is 47.9 Å². The first-order valence-corrected chi connectivity index (χ1v) is 8.38. The minimum Gasteiger partial charge on any atom is -0.480 e. The second-order valence-corrected chi connectivity index (χ2v) is 6.61. The van der Waals surface area contributed by atoms with Gasteiger partial charge >= 0.3 is 5.97 Å². The summed E-state index contributed by atoms with van der Waals surface area (Å²) in [7, 11) is 0. The summed E-state index contributed by atoms with van der Waals surface area (Å²) in [5.74, 6) is -2.44. The first-order valence-electron chi connectivity index (χ1n) is 8.38. The summed E-state index contributed by atoms with van der Waals surface area (Å²) in [6.07, 6.45) is 0.149. The lowest BCUT2D eigenvalue weighted by Gasteiger charge is -2.26. The van der Waals surface area contributed by atoms with E-state index in [0.29, 0.717) is 5.56 Å². The molecule has 7 nitrogen and oxygen atoms in total. The lowest BCUT2D eigenvalue weighted by molar-refractivity contribution is -0.138. The van der Waals surface area contributed by atoms with E-state index in [-0.39, 0.29) is 18.4 Å². The highest BCUT2D eigenvalue weighted by Crippen LogP contribution is 2.28. The Morgan fingerprint density at radius 1 is 1.07 bits per heavy atom. The highest BCUT2D eigenvalue weighted by atomic mass is 16.5. The molecular formula is C20H22N2O5. The molecule has 7 heteroatoms. The summed E-state index contributed by atoms with van der Waals surface area (Å²) in [5, 5.41) is 18.1. The molecule has 5 N–H and O–H groups in total. The van der Waals surface area contributed by atoms with E-state index in [2.05, 4.69) is 0 Å². The number of carboxylic acids is 1. The van der Waals surface area contributed by atoms with E-state index < -0.39 is 29.1 Å². The Balaban J connectivity index is 2.35. The van der Waals surface area contributed by atoms with Gasteiger partial charge in [-0.15, -0.1) is 0 Å². The summed E-state index contributed by atoms with van der Waals surface area (Å²) < 4.78 is 0. The molecular weight excluding hydrogens is 348 g/mol. The number of hydroxylamine groups is 1. The number of carbonyl (C=O) groups excluding carboxylic acids is 2. The van der Waals surface area contributed by atoms with Crippen LogP contribution in [0.5, 0.6) is 0 Å². The molecule has 142 valence electrons. The summed E-state index contributed by atoms with van der Waals surface area (Å²) in [5.41, 5.74) is 7.17. The maximum Gasteiger partial charge on any atom is 0.320 e. The third kappa shape index (κ3) is 4.78. The Hall–Kier alpha value is -3.03. The number of nitrogens with two attached hydrogens (primary N) is 1. The number of benzene rings is 2. The van der Waals surface area contributed by atoms with E-state index >= 15 is 0 Å². The number of hydrogen-bond donors (Lipinski definition) is 4. The molecule has 0 aliphatic heterocycles. The van der Waals surface area contributed by atoms with Gasteiger partial charge in [-0.05, 0) is 37.0 Å². The van der Waals surface area contributed by atoms with Gasteiger partial charge in [0.25, 0.3) is 5.91 Å². The molecule has 0 radical (unpaired) electrons. The maximum absolute atomic E-state index is 13.1. The molecule has 2 rings (SSSR count). The Morgan fingerprint density at radius 2 is 1.70 bits per heavy atom. The van der Waals surface area contributed by atoms with E-state index in [4.69, 9.17) is 16.0 Å². The number of rotatable bonds is 8. The minimum atomic E-state index is -1.54. The van der Waals surface area contributed by atoms with Gasteiger partial charge < -0.3 is 10.8 Å². The predicted molar refractivity (Wildman–Crippen MR) is 98.3 cm³/mol. The molecule has 27 heavy (non-hydrogen) atoms. The molecule has 0 bridgehead atoms. The van der Waals surface area contributed by atoms with Crippen molar-refractivity contribution in [2.24, 2.45) is 11.1 Å². The molecule has 1 amide bonds. The zero-order valence-corrected chi connectivity index (χ0v) is 14.9. The summed E-state index contributed by atoms with van der Waals surface area (Å²) in [6, 6.07) is 14.3. The number of nitrogens with one attached hydrogen (secondary N) is 1. The molecule has 0 saturated carbocycles. The van der Waals surface area contributed by atoms with Crippen LogP contribution in [0.15, 0.2) is 54.6 Å². The van der Waals surface area contributed by atoms with Crippen molar-refractivity contribution >= 4 is 17.7 Å². The van der Waals surface area contributed by atoms with E-state index in [1.165, 1.54) is 13.0 Å². The van der Waals surface area contributed by atoms with Crippen LogP contribution >= 0.6 is 0 Å². The quantitative estimate of drug-likeness (QED) is 0.242. The molecule has 0 spiro atoms. The molecule has 2 aromatic carbocycles. The Morgan fingerprint density at radius 3 is 2.30 bits per heavy atom. The third-order valence-electron chi connectivity index (χ3n) is 4.47. The first-order chi connectivity index (χ1) is 12.8. The maximum atomic E-state index is 13.1. The van der Waals surface area contributed by atoms with Crippen LogP contribution in [0.1, 0.15) is 28.4 Å². The van der Waals surface area contributed by atoms with Crippen molar-refractivity contribution in [3.8, 4) is 0 Å². The summed E-state index contributed by atoms with van der Waals surface area (Å²) in [4.78, 5) is 36.4. The average molecular weight is 370 g/mol. The topological polar surface area (TPSA) is 130 Å². The standard InChI is InChI=1S/C20H22N2O5/c1-20(19(26)22-27,12-13-6-3-2-4-7-13)17(23)15-9-5-8-14(10-15)11-16(21)18(24)25/h2-10,16,27H,11-12,21H2,1H3,(H,22,26)(H,24,25)/t16-,20-/m1/s1. The molecule has 0 aliphatic carbocycles. The number of carboxylic acid groups (broad SMARTS) is 1. The largest absolute Gasteiger partial charge is 0.480 e. The fraction of sp³-hybridized carbons (Fsp3) is 0.250. The molecule has 0 heterocycles. The van der Waals surface area contributed by atoms with Crippen LogP contribution in [0.2, 0.25) is 0 Å². The molecule has 0 aliphatic rings. The summed E-state index contributed by atoms with van der Waals surface area (Å²) in [6.45, 7) is 1.46. The van der Waals surface area contributed by atoms with Crippen molar-refractivity contribution in [2.75, 3.05) is 0 Å². The van der Waals surface area contributed by atoms with Gasteiger partial charge in [-0.3, -0.25) is 19.6 Å². The number of hydrogen-bond acceptors (Lipinski definition) is 5. The zero-order valence-electron chi connectivity index (χ0n) is 14.9. The molecule has 0 aromatic heterocycles. The summed E-state index contributed by atoms with van der Waals surface area (Å²) >= 11 is 0. The van der Waals surface area contributed by atoms with Crippen molar-refractivity contribution in [1.29, 1.82) is 0 Å². The molecule has 2 atom stereocenters. The number of amides is 1. The monoisotopic (exact) mass is 370 g/mol. The van der Waals surface area contributed by atoms with Gasteiger partial charge in [0, 0.05) is 5.56 Å². The predicted octanol–water partition coefficient (Wildman–Crippen LogP) is 1.58. The second kappa shape index (κ2) is 8.57. The van der Waals surface area contributed by atoms with Crippen molar-refractivity contribution in [3.05, 3.63) is 71.3 Å². The van der Waals surface area contributed by atoms with Gasteiger partial charge in [0.2, 0.25) is 0 Å². The van der Waals surface area contributed by atoms with Crippen LogP contribution in [0, 0.1) is 5.41 Å². The van der Waals surface area contributed by atoms with E-state index in [0.717, 1.165) is 5.56 Å². The minimum absolute atomic E-state index is 0.0536. The Labute approximate surface area is 156 Å². The van der Waals surface area contributed by atoms with E-state index in [9.17, 15) is 14.4 Å². The fourth-order valence-corrected chi connectivity index (χ4v) is 2.89. The van der Waals surface area contributed by atoms with Crippen LogP contribution in [-0.4, -0.2) is 34.0 Å². The highest BCUT2D eigenvalue weighted by Gasteiger charge is 2.41. The van der Waals surface area contributed by atoms with Crippen LogP contribution in [0.3, 0.4) is 0 Å². The third-order valence-corrected chi connectivity index (χ3v) is 4.47. The van der Waals surface area contributed by atoms with Crippen molar-refractivity contribution in [3.63, 3.8) is 0 Å². The van der Waals surface area contributed by atoms with Gasteiger partial charge in [-0.2, -0.15) is 0 Å². The second-order valence-electron chi connectivity index (χ2n) is 6.61. The van der Waals surface area contributed by atoms with Crippen molar-refractivity contribution in [2.45, 2.75) is 25.8 Å². The SMILES string of the molecule is C[C@](Cc1ccccc1)(C(=O)NO)C(=O)c1cccc(C[C@@H](N)C(=O)O)c1. The normalized spacial score (nSPS) is 14.0. The molecule has 0 fully saturated rings. The smallest absolute Gasteiger partial charge is 0.320 e. The lowest BCUT2D eigenvalue weighted by atomic mass is 9.76. The number of ketones is 1. The van der Waals surface area contributed by atoms with Crippen molar-refractivity contribution in [1.82, 2.24) is 5.48 Å². The van der Waals surface area contributed by atoms with Crippen LogP contribution < -0.4 is 11.2 Å². The zero-order chi connectivity index (χ0) is 20.0. The van der Waals surface area contributed by atoms with Crippen LogP contribution in [-0.2, 0) is 22.4 Å². The van der Waals surface area contributed by atoms with Gasteiger partial charge in [-0.25, -0.2) is 5.48 Å². The number of Topliss-reactive ketones (excluding diaryl/α,β-unsaturated/α-hetero) is 1. The van der Waals surface area contributed by atoms with Crippen LogP contribution in [0.4, 0.5) is 0 Å². The van der Waals surface area contributed by atoms with Gasteiger partial charge in [0.05, 0.1) is 0 Å². The Bertz CT molecular complexity index is 837. The fourth-order valence-electron chi connectivity index (χ4n) is 2.89. The molecule has 0 unspecified atom stereocenters. The average Bonchev–Trinajstić information content (AvgIpc) is 2.67. The molecule has 2 aromatic rings. The van der Waals surface area contributed by atoms with Gasteiger partial charge in [0.15, 0.2) is 5.78 Å². The van der Waals surface area contributed by atoms with E-state index in [1.807, 2.05) is 6.07 Å². The van der Waals surface area contributed by atoms with Gasteiger partial charge in [0.1, 0.15) is 11.5 Å². The lowest BCUT2D eigenvalue weighted by Crippen LogP contribution is -2.45. The number of carbonyl (C=O) groups is 3.